The molecule has 1 aromatic carbocycles. The van der Waals surface area contributed by atoms with E-state index < -0.39 is 5.97 Å². The van der Waals surface area contributed by atoms with Gasteiger partial charge in [-0.3, -0.25) is 4.79 Å². The van der Waals surface area contributed by atoms with E-state index in [-0.39, 0.29) is 6.42 Å². The molecular weight excluding hydrogens is 264 g/mol. The first-order valence-corrected chi connectivity index (χ1v) is 7.56. The van der Waals surface area contributed by atoms with Crippen molar-refractivity contribution in [3.8, 4) is 0 Å². The third-order valence-corrected chi connectivity index (χ3v) is 3.94. The molecule has 1 aromatic heterocycles. The number of hydrogen-bond acceptors (Lipinski definition) is 2. The van der Waals surface area contributed by atoms with Crippen molar-refractivity contribution in [2.45, 2.75) is 53.5 Å². The maximum Gasteiger partial charge on any atom is 0.305 e. The molecule has 0 radical (unpaired) electrons. The second-order valence-corrected chi connectivity index (χ2v) is 6.18. The Bertz CT molecular complexity index is 656. The van der Waals surface area contributed by atoms with E-state index in [4.69, 9.17) is 10.1 Å². The highest BCUT2D eigenvalue weighted by atomic mass is 16.4. The number of aliphatic carboxylic acids is 1. The fourth-order valence-electron chi connectivity index (χ4n) is 2.50. The number of carbonyl (C=O) groups is 1. The molecule has 4 nitrogen and oxygen atoms in total. The molecule has 21 heavy (non-hydrogen) atoms. The Labute approximate surface area is 125 Å². The molecule has 0 unspecified atom stereocenters. The molecular formula is C17H24N2O2. The lowest BCUT2D eigenvalue weighted by Crippen LogP contribution is -2.09. The van der Waals surface area contributed by atoms with Crippen LogP contribution in [0.4, 0.5) is 0 Å². The van der Waals surface area contributed by atoms with Crippen molar-refractivity contribution < 1.29 is 9.90 Å². The lowest BCUT2D eigenvalue weighted by Gasteiger charge is -2.09. The molecule has 0 fully saturated rings. The van der Waals surface area contributed by atoms with Gasteiger partial charge in [-0.05, 0) is 49.4 Å². The summed E-state index contributed by atoms with van der Waals surface area (Å²) in [6.07, 6.45) is 2.09. The normalized spacial score (nSPS) is 11.5. The van der Waals surface area contributed by atoms with Crippen LogP contribution in [0.2, 0.25) is 0 Å². The number of aryl methyl sites for hydroxylation is 4. The van der Waals surface area contributed by atoms with Crippen molar-refractivity contribution in [2.24, 2.45) is 5.92 Å². The van der Waals surface area contributed by atoms with Crippen LogP contribution in [0.5, 0.6) is 0 Å². The van der Waals surface area contributed by atoms with E-state index in [0.717, 1.165) is 29.7 Å². The molecule has 0 aliphatic carbocycles. The highest BCUT2D eigenvalue weighted by molar-refractivity contribution is 5.78. The molecule has 0 bridgehead atoms. The van der Waals surface area contributed by atoms with Gasteiger partial charge in [0.15, 0.2) is 0 Å². The van der Waals surface area contributed by atoms with Gasteiger partial charge in [0.1, 0.15) is 5.82 Å². The summed E-state index contributed by atoms with van der Waals surface area (Å²) in [5.41, 5.74) is 4.47. The molecule has 1 heterocycles. The van der Waals surface area contributed by atoms with Crippen molar-refractivity contribution in [1.29, 1.82) is 0 Å². The molecule has 0 saturated carbocycles. The summed E-state index contributed by atoms with van der Waals surface area (Å²) in [7, 11) is 0. The fourth-order valence-corrected chi connectivity index (χ4v) is 2.50. The molecule has 2 aromatic rings. The lowest BCUT2D eigenvalue weighted by molar-refractivity contribution is -0.137. The SMILES string of the molecule is Cc1cc2nc(CCC(C)C)n(CCC(=O)O)c2cc1C. The van der Waals surface area contributed by atoms with E-state index in [0.29, 0.717) is 12.5 Å². The highest BCUT2D eigenvalue weighted by Gasteiger charge is 2.13. The summed E-state index contributed by atoms with van der Waals surface area (Å²) in [5.74, 6) is 0.849. The largest absolute Gasteiger partial charge is 0.481 e. The van der Waals surface area contributed by atoms with Gasteiger partial charge in [-0.15, -0.1) is 0 Å². The quantitative estimate of drug-likeness (QED) is 0.881. The summed E-state index contributed by atoms with van der Waals surface area (Å²) in [6.45, 7) is 9.04. The molecule has 1 N–H and O–H groups in total. The number of fused-ring (bicyclic) bond motifs is 1. The van der Waals surface area contributed by atoms with Gasteiger partial charge in [0.2, 0.25) is 0 Å². The third-order valence-electron chi connectivity index (χ3n) is 3.94. The van der Waals surface area contributed by atoms with Crippen molar-refractivity contribution in [3.05, 3.63) is 29.1 Å². The first-order chi connectivity index (χ1) is 9.88. The second kappa shape index (κ2) is 6.29. The Balaban J connectivity index is 2.43. The smallest absolute Gasteiger partial charge is 0.305 e. The Kier molecular flexibility index (Phi) is 4.66. The number of hydrogen-bond donors (Lipinski definition) is 1. The molecule has 2 rings (SSSR count). The topological polar surface area (TPSA) is 55.1 Å². The molecule has 0 aliphatic heterocycles. The molecule has 0 amide bonds. The number of carboxylic acid groups (broad SMARTS) is 1. The number of nitrogens with zero attached hydrogens (tertiary/aromatic N) is 2. The zero-order valence-electron chi connectivity index (χ0n) is 13.3. The Morgan fingerprint density at radius 3 is 2.57 bits per heavy atom. The molecule has 0 atom stereocenters. The minimum Gasteiger partial charge on any atom is -0.481 e. The van der Waals surface area contributed by atoms with Gasteiger partial charge in [0.25, 0.3) is 0 Å². The summed E-state index contributed by atoms with van der Waals surface area (Å²) in [6, 6.07) is 4.22. The van der Waals surface area contributed by atoms with Gasteiger partial charge < -0.3 is 9.67 Å². The van der Waals surface area contributed by atoms with E-state index in [9.17, 15) is 4.79 Å². The van der Waals surface area contributed by atoms with Crippen LogP contribution in [0, 0.1) is 19.8 Å². The van der Waals surface area contributed by atoms with Crippen molar-refractivity contribution in [2.75, 3.05) is 0 Å². The number of imidazole rings is 1. The summed E-state index contributed by atoms with van der Waals surface area (Å²) in [5, 5.41) is 8.96. The molecule has 114 valence electrons. The Hall–Kier alpha value is -1.84. The minimum atomic E-state index is -0.768. The van der Waals surface area contributed by atoms with E-state index in [1.807, 2.05) is 0 Å². The Morgan fingerprint density at radius 2 is 1.95 bits per heavy atom. The van der Waals surface area contributed by atoms with E-state index in [1.54, 1.807) is 0 Å². The van der Waals surface area contributed by atoms with Crippen LogP contribution >= 0.6 is 0 Å². The summed E-state index contributed by atoms with van der Waals surface area (Å²) >= 11 is 0. The number of carboxylic acids is 1. The third kappa shape index (κ3) is 3.63. The maximum absolute atomic E-state index is 10.9. The second-order valence-electron chi connectivity index (χ2n) is 6.18. The predicted octanol–water partition coefficient (Wildman–Crippen LogP) is 3.72. The monoisotopic (exact) mass is 288 g/mol. The van der Waals surface area contributed by atoms with Crippen LogP contribution in [0.25, 0.3) is 11.0 Å². The number of benzene rings is 1. The van der Waals surface area contributed by atoms with Crippen LogP contribution < -0.4 is 0 Å². The van der Waals surface area contributed by atoms with Crippen molar-refractivity contribution >= 4 is 17.0 Å². The van der Waals surface area contributed by atoms with Gasteiger partial charge in [0.05, 0.1) is 17.5 Å². The van der Waals surface area contributed by atoms with Crippen LogP contribution in [0.3, 0.4) is 0 Å². The van der Waals surface area contributed by atoms with Crippen LogP contribution in [0.15, 0.2) is 12.1 Å². The van der Waals surface area contributed by atoms with Crippen LogP contribution in [0.1, 0.15) is 43.6 Å². The van der Waals surface area contributed by atoms with Crippen LogP contribution in [-0.2, 0) is 17.8 Å². The summed E-state index contributed by atoms with van der Waals surface area (Å²) in [4.78, 5) is 15.6. The van der Waals surface area contributed by atoms with Gasteiger partial charge in [-0.2, -0.15) is 0 Å². The Morgan fingerprint density at radius 1 is 1.29 bits per heavy atom. The van der Waals surface area contributed by atoms with Crippen molar-refractivity contribution in [1.82, 2.24) is 9.55 Å². The number of aromatic nitrogens is 2. The zero-order valence-corrected chi connectivity index (χ0v) is 13.3. The van der Waals surface area contributed by atoms with Gasteiger partial charge in [-0.1, -0.05) is 13.8 Å². The maximum atomic E-state index is 10.9. The average Bonchev–Trinajstić information content (AvgIpc) is 2.71. The van der Waals surface area contributed by atoms with E-state index in [2.05, 4.69) is 44.4 Å². The van der Waals surface area contributed by atoms with Gasteiger partial charge >= 0.3 is 5.97 Å². The minimum absolute atomic E-state index is 0.132. The average molecular weight is 288 g/mol. The van der Waals surface area contributed by atoms with Gasteiger partial charge in [-0.25, -0.2) is 4.98 Å². The van der Waals surface area contributed by atoms with E-state index >= 15 is 0 Å². The highest BCUT2D eigenvalue weighted by Crippen LogP contribution is 2.22. The number of rotatable bonds is 6. The lowest BCUT2D eigenvalue weighted by atomic mass is 10.1. The van der Waals surface area contributed by atoms with Crippen LogP contribution in [-0.4, -0.2) is 20.6 Å². The molecule has 0 aliphatic rings. The van der Waals surface area contributed by atoms with Crippen molar-refractivity contribution in [3.63, 3.8) is 0 Å². The first kappa shape index (κ1) is 15.5. The first-order valence-electron chi connectivity index (χ1n) is 7.56. The standard InChI is InChI=1S/C17H24N2O2/c1-11(2)5-6-16-18-14-9-12(3)13(4)10-15(14)19(16)8-7-17(20)21/h9-11H,5-8H2,1-4H3,(H,20,21). The molecule has 0 saturated heterocycles. The van der Waals surface area contributed by atoms with E-state index in [1.165, 1.54) is 11.1 Å². The predicted molar refractivity (Wildman–Crippen MR) is 84.6 cm³/mol. The molecule has 0 spiro atoms. The van der Waals surface area contributed by atoms with Gasteiger partial charge in [0, 0.05) is 13.0 Å². The molecule has 4 heteroatoms. The zero-order chi connectivity index (χ0) is 15.6. The summed E-state index contributed by atoms with van der Waals surface area (Å²) < 4.78 is 2.08. The fraction of sp³-hybridized carbons (Fsp3) is 0.529.